The van der Waals surface area contributed by atoms with Gasteiger partial charge in [-0.25, -0.2) is 0 Å². The third-order valence-corrected chi connectivity index (χ3v) is 4.13. The van der Waals surface area contributed by atoms with Crippen molar-refractivity contribution in [3.8, 4) is 0 Å². The van der Waals surface area contributed by atoms with E-state index in [0.717, 1.165) is 12.8 Å². The summed E-state index contributed by atoms with van der Waals surface area (Å²) in [6, 6.07) is 13.2. The average molecular weight is 256 g/mol. The second-order valence-electron chi connectivity index (χ2n) is 4.51. The van der Waals surface area contributed by atoms with Crippen molar-refractivity contribution in [2.24, 2.45) is 0 Å². The Morgan fingerprint density at radius 1 is 1.22 bits per heavy atom. The predicted octanol–water partition coefficient (Wildman–Crippen LogP) is 3.90. The van der Waals surface area contributed by atoms with Crippen molar-refractivity contribution in [3.63, 3.8) is 0 Å². The highest BCUT2D eigenvalue weighted by Gasteiger charge is 2.22. The highest BCUT2D eigenvalue weighted by molar-refractivity contribution is 7.98. The van der Waals surface area contributed by atoms with E-state index in [9.17, 15) is 0 Å². The van der Waals surface area contributed by atoms with Crippen molar-refractivity contribution in [1.82, 2.24) is 4.98 Å². The molecule has 0 saturated carbocycles. The van der Waals surface area contributed by atoms with Crippen LogP contribution in [0, 0.1) is 0 Å². The van der Waals surface area contributed by atoms with Crippen molar-refractivity contribution in [3.05, 3.63) is 53.9 Å². The molecule has 0 bridgehead atoms. The lowest BCUT2D eigenvalue weighted by Crippen LogP contribution is -2.08. The van der Waals surface area contributed by atoms with Crippen molar-refractivity contribution < 1.29 is 0 Å². The summed E-state index contributed by atoms with van der Waals surface area (Å²) in [6.07, 6.45) is 6.25. The minimum absolute atomic E-state index is 0.362. The summed E-state index contributed by atoms with van der Waals surface area (Å²) < 4.78 is 0. The number of nitrogens with one attached hydrogen (secondary N) is 1. The highest BCUT2D eigenvalue weighted by atomic mass is 32.2. The Kier molecular flexibility index (Phi) is 3.24. The number of hydrogen-bond acceptors (Lipinski definition) is 3. The zero-order valence-corrected chi connectivity index (χ0v) is 11.2. The van der Waals surface area contributed by atoms with Crippen molar-refractivity contribution in [2.75, 3.05) is 11.6 Å². The van der Waals surface area contributed by atoms with Crippen LogP contribution in [0.4, 0.5) is 5.69 Å². The molecule has 1 heterocycles. The third kappa shape index (κ3) is 2.23. The van der Waals surface area contributed by atoms with Gasteiger partial charge in [-0.2, -0.15) is 0 Å². The SMILES string of the molecule is CSc1ccc(NC2CCc3cccnc32)cc1. The minimum atomic E-state index is 0.362. The lowest BCUT2D eigenvalue weighted by Gasteiger charge is -2.14. The maximum absolute atomic E-state index is 4.50. The van der Waals surface area contributed by atoms with E-state index in [4.69, 9.17) is 0 Å². The number of pyridine rings is 1. The summed E-state index contributed by atoms with van der Waals surface area (Å²) in [7, 11) is 0. The lowest BCUT2D eigenvalue weighted by molar-refractivity contribution is 0.746. The molecule has 2 aromatic rings. The molecule has 92 valence electrons. The number of thioether (sulfide) groups is 1. The first-order valence-electron chi connectivity index (χ1n) is 6.21. The van der Waals surface area contributed by atoms with Gasteiger partial charge in [0.25, 0.3) is 0 Å². The molecular weight excluding hydrogens is 240 g/mol. The minimum Gasteiger partial charge on any atom is -0.377 e. The summed E-state index contributed by atoms with van der Waals surface area (Å²) in [4.78, 5) is 5.80. The molecule has 0 spiro atoms. The Labute approximate surface area is 112 Å². The Morgan fingerprint density at radius 3 is 2.83 bits per heavy atom. The van der Waals surface area contributed by atoms with Gasteiger partial charge in [0, 0.05) is 16.8 Å². The molecule has 0 saturated heterocycles. The molecule has 1 atom stereocenters. The molecule has 0 radical (unpaired) electrons. The van der Waals surface area contributed by atoms with Crippen LogP contribution in [0.15, 0.2) is 47.5 Å². The standard InChI is InChI=1S/C15H16N2S/c1-18-13-7-5-12(6-8-13)17-14-9-4-11-3-2-10-16-15(11)14/h2-3,5-8,10,14,17H,4,9H2,1H3. The Balaban J connectivity index is 1.77. The Morgan fingerprint density at radius 2 is 2.06 bits per heavy atom. The first kappa shape index (κ1) is 11.6. The summed E-state index contributed by atoms with van der Waals surface area (Å²) in [5.74, 6) is 0. The number of aromatic nitrogens is 1. The molecule has 18 heavy (non-hydrogen) atoms. The smallest absolute Gasteiger partial charge is 0.0691 e. The normalized spacial score (nSPS) is 17.5. The summed E-state index contributed by atoms with van der Waals surface area (Å²) in [6.45, 7) is 0. The van der Waals surface area contributed by atoms with Crippen molar-refractivity contribution in [2.45, 2.75) is 23.8 Å². The quantitative estimate of drug-likeness (QED) is 0.843. The van der Waals surface area contributed by atoms with Gasteiger partial charge >= 0.3 is 0 Å². The molecule has 1 N–H and O–H groups in total. The van der Waals surface area contributed by atoms with Crippen LogP contribution in [0.25, 0.3) is 0 Å². The van der Waals surface area contributed by atoms with Gasteiger partial charge in [0.15, 0.2) is 0 Å². The van der Waals surface area contributed by atoms with E-state index in [0.29, 0.717) is 6.04 Å². The molecule has 1 unspecified atom stereocenters. The van der Waals surface area contributed by atoms with Gasteiger partial charge in [0.05, 0.1) is 11.7 Å². The fraction of sp³-hybridized carbons (Fsp3) is 0.267. The van der Waals surface area contributed by atoms with Crippen LogP contribution in [0.1, 0.15) is 23.7 Å². The van der Waals surface area contributed by atoms with Gasteiger partial charge in [0.2, 0.25) is 0 Å². The molecule has 1 aromatic carbocycles. The second-order valence-corrected chi connectivity index (χ2v) is 5.39. The van der Waals surface area contributed by atoms with Crippen LogP contribution in [0.2, 0.25) is 0 Å². The van der Waals surface area contributed by atoms with Gasteiger partial charge in [-0.3, -0.25) is 4.98 Å². The summed E-state index contributed by atoms with van der Waals surface area (Å²) in [5.41, 5.74) is 3.78. The largest absolute Gasteiger partial charge is 0.377 e. The fourth-order valence-electron chi connectivity index (χ4n) is 2.44. The van der Waals surface area contributed by atoms with Crippen molar-refractivity contribution >= 4 is 17.4 Å². The molecular formula is C15H16N2S. The number of anilines is 1. The first-order valence-corrected chi connectivity index (χ1v) is 7.43. The van der Waals surface area contributed by atoms with E-state index >= 15 is 0 Å². The molecule has 2 nitrogen and oxygen atoms in total. The molecule has 1 aliphatic carbocycles. The summed E-state index contributed by atoms with van der Waals surface area (Å²) >= 11 is 1.77. The highest BCUT2D eigenvalue weighted by Crippen LogP contribution is 2.32. The average Bonchev–Trinajstić information content (AvgIpc) is 2.83. The maximum Gasteiger partial charge on any atom is 0.0691 e. The van der Waals surface area contributed by atoms with E-state index in [1.54, 1.807) is 11.8 Å². The van der Waals surface area contributed by atoms with Crippen molar-refractivity contribution in [1.29, 1.82) is 0 Å². The van der Waals surface area contributed by atoms with Crippen LogP contribution in [-0.2, 0) is 6.42 Å². The van der Waals surface area contributed by atoms with Crippen LogP contribution in [0.5, 0.6) is 0 Å². The zero-order chi connectivity index (χ0) is 12.4. The maximum atomic E-state index is 4.50. The molecule has 3 rings (SSSR count). The van der Waals surface area contributed by atoms with Crippen LogP contribution < -0.4 is 5.32 Å². The molecule has 0 aliphatic heterocycles. The number of rotatable bonds is 3. The number of nitrogens with zero attached hydrogens (tertiary/aromatic N) is 1. The second kappa shape index (κ2) is 5.02. The van der Waals surface area contributed by atoms with Gasteiger partial charge in [0.1, 0.15) is 0 Å². The van der Waals surface area contributed by atoms with E-state index in [1.165, 1.54) is 21.8 Å². The topological polar surface area (TPSA) is 24.9 Å². The Bertz CT molecular complexity index is 536. The van der Waals surface area contributed by atoms with Gasteiger partial charge < -0.3 is 5.32 Å². The molecule has 1 aliphatic rings. The first-order chi connectivity index (χ1) is 8.86. The molecule has 0 fully saturated rings. The van der Waals surface area contributed by atoms with E-state index < -0.39 is 0 Å². The Hall–Kier alpha value is -1.48. The number of hydrogen-bond donors (Lipinski definition) is 1. The fourth-order valence-corrected chi connectivity index (χ4v) is 2.85. The van der Waals surface area contributed by atoms with Gasteiger partial charge in [-0.1, -0.05) is 6.07 Å². The van der Waals surface area contributed by atoms with Gasteiger partial charge in [-0.15, -0.1) is 11.8 Å². The van der Waals surface area contributed by atoms with Crippen LogP contribution >= 0.6 is 11.8 Å². The third-order valence-electron chi connectivity index (χ3n) is 3.39. The lowest BCUT2D eigenvalue weighted by atomic mass is 10.2. The van der Waals surface area contributed by atoms with E-state index in [-0.39, 0.29) is 0 Å². The van der Waals surface area contributed by atoms with E-state index in [1.807, 2.05) is 12.3 Å². The number of fused-ring (bicyclic) bond motifs is 1. The molecule has 3 heteroatoms. The monoisotopic (exact) mass is 256 g/mol. The predicted molar refractivity (Wildman–Crippen MR) is 77.1 cm³/mol. The van der Waals surface area contributed by atoms with Gasteiger partial charge in [-0.05, 0) is 55.0 Å². The van der Waals surface area contributed by atoms with E-state index in [2.05, 4.69) is 46.9 Å². The summed E-state index contributed by atoms with van der Waals surface area (Å²) in [5, 5.41) is 3.58. The van der Waals surface area contributed by atoms with Crippen LogP contribution in [0.3, 0.4) is 0 Å². The molecule has 1 aromatic heterocycles. The van der Waals surface area contributed by atoms with Crippen LogP contribution in [-0.4, -0.2) is 11.2 Å². The number of benzene rings is 1. The molecule has 0 amide bonds. The number of aryl methyl sites for hydroxylation is 1. The zero-order valence-electron chi connectivity index (χ0n) is 10.4.